The summed E-state index contributed by atoms with van der Waals surface area (Å²) in [6.45, 7) is 3.08. The van der Waals surface area contributed by atoms with Gasteiger partial charge in [-0.2, -0.15) is 4.37 Å². The molecule has 0 unspecified atom stereocenters. The molecule has 4 N–H and O–H groups in total. The third kappa shape index (κ3) is 5.06. The number of rotatable bonds is 9. The number of carbonyl (C=O) groups excluding carboxylic acids is 1. The lowest BCUT2D eigenvalue weighted by Crippen LogP contribution is -2.20. The van der Waals surface area contributed by atoms with E-state index in [1.807, 2.05) is 0 Å². The minimum atomic E-state index is -0.184. The van der Waals surface area contributed by atoms with Gasteiger partial charge in [-0.15, -0.1) is 0 Å². The SMILES string of the molecule is CCCCCCCCNc1snc(N)c1C(=O)NC. The quantitative estimate of drug-likeness (QED) is 0.609. The van der Waals surface area contributed by atoms with Gasteiger partial charge in [0.2, 0.25) is 0 Å². The van der Waals surface area contributed by atoms with Crippen molar-refractivity contribution in [2.45, 2.75) is 45.4 Å². The molecule has 0 bridgehead atoms. The molecule has 0 aliphatic heterocycles. The summed E-state index contributed by atoms with van der Waals surface area (Å²) in [6.07, 6.45) is 7.51. The molecule has 0 spiro atoms. The Bertz CT molecular complexity index is 392. The second kappa shape index (κ2) is 8.74. The Morgan fingerprint density at radius 3 is 2.63 bits per heavy atom. The Labute approximate surface area is 119 Å². The number of nitrogens with two attached hydrogens (primary N) is 1. The largest absolute Gasteiger partial charge is 0.382 e. The molecule has 108 valence electrons. The first-order chi connectivity index (χ1) is 9.20. The first kappa shape index (κ1) is 15.8. The van der Waals surface area contributed by atoms with Gasteiger partial charge in [0, 0.05) is 13.6 Å². The first-order valence-electron chi connectivity index (χ1n) is 6.91. The number of unbranched alkanes of at least 4 members (excludes halogenated alkanes) is 5. The van der Waals surface area contributed by atoms with Gasteiger partial charge in [-0.1, -0.05) is 39.0 Å². The van der Waals surface area contributed by atoms with Crippen LogP contribution in [0.5, 0.6) is 0 Å². The Hall–Kier alpha value is -1.30. The number of amides is 1. The average molecular weight is 284 g/mol. The van der Waals surface area contributed by atoms with Gasteiger partial charge >= 0.3 is 0 Å². The summed E-state index contributed by atoms with van der Waals surface area (Å²) in [5.74, 6) is 0.117. The molecular formula is C13H24N4OS. The lowest BCUT2D eigenvalue weighted by molar-refractivity contribution is 0.0965. The molecule has 1 amide bonds. The van der Waals surface area contributed by atoms with Crippen molar-refractivity contribution >= 4 is 28.3 Å². The van der Waals surface area contributed by atoms with Crippen LogP contribution in [0.3, 0.4) is 0 Å². The normalized spacial score (nSPS) is 10.4. The van der Waals surface area contributed by atoms with Crippen molar-refractivity contribution in [1.29, 1.82) is 0 Å². The highest BCUT2D eigenvalue weighted by atomic mass is 32.1. The van der Waals surface area contributed by atoms with Crippen molar-refractivity contribution in [2.75, 3.05) is 24.6 Å². The number of aromatic nitrogens is 1. The second-order valence-electron chi connectivity index (χ2n) is 4.55. The molecule has 0 saturated heterocycles. The smallest absolute Gasteiger partial charge is 0.257 e. The number of hydrogen-bond acceptors (Lipinski definition) is 5. The van der Waals surface area contributed by atoms with Crippen LogP contribution < -0.4 is 16.4 Å². The van der Waals surface area contributed by atoms with E-state index in [0.717, 1.165) is 18.0 Å². The molecule has 0 fully saturated rings. The van der Waals surface area contributed by atoms with Crippen LogP contribution in [0.15, 0.2) is 0 Å². The monoisotopic (exact) mass is 284 g/mol. The van der Waals surface area contributed by atoms with Crippen LogP contribution in [0.4, 0.5) is 10.8 Å². The Morgan fingerprint density at radius 1 is 1.26 bits per heavy atom. The summed E-state index contributed by atoms with van der Waals surface area (Å²) in [7, 11) is 1.59. The fourth-order valence-corrected chi connectivity index (χ4v) is 2.61. The van der Waals surface area contributed by atoms with Crippen LogP contribution in [-0.2, 0) is 0 Å². The van der Waals surface area contributed by atoms with Gasteiger partial charge in [0.1, 0.15) is 10.6 Å². The van der Waals surface area contributed by atoms with E-state index in [1.54, 1.807) is 7.05 Å². The molecule has 1 aromatic rings. The average Bonchev–Trinajstić information content (AvgIpc) is 2.78. The van der Waals surface area contributed by atoms with Crippen LogP contribution in [-0.4, -0.2) is 23.9 Å². The zero-order valence-corrected chi connectivity index (χ0v) is 12.6. The van der Waals surface area contributed by atoms with Gasteiger partial charge in [0.25, 0.3) is 5.91 Å². The van der Waals surface area contributed by atoms with Crippen LogP contribution in [0, 0.1) is 0 Å². The van der Waals surface area contributed by atoms with Crippen molar-refractivity contribution in [3.8, 4) is 0 Å². The highest BCUT2D eigenvalue weighted by Gasteiger charge is 2.17. The summed E-state index contributed by atoms with van der Waals surface area (Å²) < 4.78 is 4.02. The van der Waals surface area contributed by atoms with E-state index in [-0.39, 0.29) is 5.91 Å². The van der Waals surface area contributed by atoms with Gasteiger partial charge in [-0.05, 0) is 18.0 Å². The zero-order valence-electron chi connectivity index (χ0n) is 11.8. The molecule has 5 nitrogen and oxygen atoms in total. The summed E-state index contributed by atoms with van der Waals surface area (Å²) in [6, 6.07) is 0. The summed E-state index contributed by atoms with van der Waals surface area (Å²) in [5, 5.41) is 6.61. The van der Waals surface area contributed by atoms with Crippen molar-refractivity contribution in [3.63, 3.8) is 0 Å². The number of carbonyl (C=O) groups is 1. The molecule has 0 aliphatic rings. The molecule has 1 rings (SSSR count). The molecule has 0 aromatic carbocycles. The number of nitrogens with zero attached hydrogens (tertiary/aromatic N) is 1. The molecule has 1 aromatic heterocycles. The van der Waals surface area contributed by atoms with Crippen LogP contribution in [0.1, 0.15) is 55.8 Å². The predicted octanol–water partition coefficient (Wildman–Crippen LogP) is 2.86. The number of nitrogens with one attached hydrogen (secondary N) is 2. The van der Waals surface area contributed by atoms with Gasteiger partial charge in [-0.25, -0.2) is 0 Å². The maximum absolute atomic E-state index is 11.7. The van der Waals surface area contributed by atoms with Crippen molar-refractivity contribution in [2.24, 2.45) is 0 Å². The molecule has 0 radical (unpaired) electrons. The van der Waals surface area contributed by atoms with Gasteiger partial charge in [0.05, 0.1) is 0 Å². The third-order valence-corrected chi connectivity index (χ3v) is 3.81. The van der Waals surface area contributed by atoms with E-state index in [0.29, 0.717) is 11.4 Å². The summed E-state index contributed by atoms with van der Waals surface area (Å²) >= 11 is 1.24. The van der Waals surface area contributed by atoms with E-state index in [4.69, 9.17) is 5.73 Å². The fourth-order valence-electron chi connectivity index (χ4n) is 1.87. The van der Waals surface area contributed by atoms with Crippen LogP contribution >= 0.6 is 11.5 Å². The van der Waals surface area contributed by atoms with E-state index in [9.17, 15) is 4.79 Å². The highest BCUT2D eigenvalue weighted by molar-refractivity contribution is 7.11. The topological polar surface area (TPSA) is 80.0 Å². The molecule has 19 heavy (non-hydrogen) atoms. The summed E-state index contributed by atoms with van der Waals surface area (Å²) in [4.78, 5) is 11.7. The predicted molar refractivity (Wildman–Crippen MR) is 81.8 cm³/mol. The minimum Gasteiger partial charge on any atom is -0.382 e. The van der Waals surface area contributed by atoms with Gasteiger partial charge in [-0.3, -0.25) is 4.79 Å². The van der Waals surface area contributed by atoms with Gasteiger partial charge < -0.3 is 16.4 Å². The molecule has 6 heteroatoms. The van der Waals surface area contributed by atoms with Crippen LogP contribution in [0.25, 0.3) is 0 Å². The van der Waals surface area contributed by atoms with Crippen molar-refractivity contribution < 1.29 is 4.79 Å². The highest BCUT2D eigenvalue weighted by Crippen LogP contribution is 2.26. The maximum Gasteiger partial charge on any atom is 0.257 e. The maximum atomic E-state index is 11.7. The van der Waals surface area contributed by atoms with E-state index >= 15 is 0 Å². The third-order valence-electron chi connectivity index (χ3n) is 2.99. The zero-order chi connectivity index (χ0) is 14.1. The standard InChI is InChI=1S/C13H24N4OS/c1-3-4-5-6-7-8-9-16-13-10(12(18)15-2)11(14)17-19-13/h16H,3-9H2,1-2H3,(H2,14,17)(H,15,18). The number of hydrogen-bond donors (Lipinski definition) is 3. The first-order valence-corrected chi connectivity index (χ1v) is 7.69. The molecule has 0 atom stereocenters. The van der Waals surface area contributed by atoms with Crippen molar-refractivity contribution in [1.82, 2.24) is 9.69 Å². The Morgan fingerprint density at radius 2 is 1.95 bits per heavy atom. The second-order valence-corrected chi connectivity index (χ2v) is 5.32. The lowest BCUT2D eigenvalue weighted by Gasteiger charge is -2.06. The van der Waals surface area contributed by atoms with Gasteiger partial charge in [0.15, 0.2) is 5.82 Å². The molecular weight excluding hydrogens is 260 g/mol. The number of nitrogen functional groups attached to an aromatic ring is 1. The van der Waals surface area contributed by atoms with Crippen LogP contribution in [0.2, 0.25) is 0 Å². The molecule has 0 aliphatic carbocycles. The molecule has 0 saturated carbocycles. The minimum absolute atomic E-state index is 0.184. The lowest BCUT2D eigenvalue weighted by atomic mass is 10.1. The summed E-state index contributed by atoms with van der Waals surface area (Å²) in [5.41, 5.74) is 6.17. The number of anilines is 2. The van der Waals surface area contributed by atoms with E-state index < -0.39 is 0 Å². The fraction of sp³-hybridized carbons (Fsp3) is 0.692. The Balaban J connectivity index is 2.31. The molecule has 1 heterocycles. The van der Waals surface area contributed by atoms with E-state index in [1.165, 1.54) is 43.6 Å². The van der Waals surface area contributed by atoms with E-state index in [2.05, 4.69) is 21.9 Å². The Kier molecular flexibility index (Phi) is 7.25. The van der Waals surface area contributed by atoms with Crippen molar-refractivity contribution in [3.05, 3.63) is 5.56 Å².